The van der Waals surface area contributed by atoms with E-state index in [9.17, 15) is 9.59 Å². The van der Waals surface area contributed by atoms with E-state index in [0.29, 0.717) is 6.42 Å². The van der Waals surface area contributed by atoms with Gasteiger partial charge in [-0.25, -0.2) is 10.3 Å². The quantitative estimate of drug-likeness (QED) is 0.648. The Morgan fingerprint density at radius 3 is 2.94 bits per heavy atom. The number of aliphatic carboxylic acids is 1. The van der Waals surface area contributed by atoms with Crippen LogP contribution >= 0.6 is 0 Å². The van der Waals surface area contributed by atoms with Crippen molar-refractivity contribution >= 4 is 17.6 Å². The fourth-order valence-electron chi connectivity index (χ4n) is 1.70. The number of carboxylic acids is 1. The number of benzene rings is 1. The van der Waals surface area contributed by atoms with Gasteiger partial charge >= 0.3 is 5.97 Å². The summed E-state index contributed by atoms with van der Waals surface area (Å²) >= 11 is 0. The van der Waals surface area contributed by atoms with E-state index in [4.69, 9.17) is 5.11 Å². The molecule has 90 valence electrons. The van der Waals surface area contributed by atoms with Crippen LogP contribution < -0.4 is 10.8 Å². The Bertz CT molecular complexity index is 422. The molecule has 0 radical (unpaired) electrons. The summed E-state index contributed by atoms with van der Waals surface area (Å²) < 4.78 is 0. The fraction of sp³-hybridized carbons (Fsp3) is 0.273. The number of carbonyl (C=O) groups is 2. The lowest BCUT2D eigenvalue weighted by Gasteiger charge is -2.10. The minimum atomic E-state index is -1.13. The third-order valence-corrected chi connectivity index (χ3v) is 2.46. The van der Waals surface area contributed by atoms with Gasteiger partial charge in [-0.15, -0.1) is 0 Å². The monoisotopic (exact) mass is 236 g/mol. The molecule has 0 spiro atoms. The Morgan fingerprint density at radius 2 is 2.24 bits per heavy atom. The lowest BCUT2D eigenvalue weighted by molar-refractivity contribution is -0.149. The van der Waals surface area contributed by atoms with E-state index in [1.165, 1.54) is 0 Å². The minimum absolute atomic E-state index is 0.373. The Morgan fingerprint density at radius 1 is 1.47 bits per heavy atom. The highest BCUT2D eigenvalue weighted by Crippen LogP contribution is 2.24. The van der Waals surface area contributed by atoms with Crippen molar-refractivity contribution in [2.45, 2.75) is 12.5 Å². The molecule has 0 unspecified atom stereocenters. The van der Waals surface area contributed by atoms with Crippen LogP contribution in [0.5, 0.6) is 0 Å². The van der Waals surface area contributed by atoms with Crippen LogP contribution in [0.25, 0.3) is 0 Å². The SMILES string of the molecule is O=C(O)CONC(=O)[C@@H]1Cc2ccccc2N1. The molecule has 1 atom stereocenters. The van der Waals surface area contributed by atoms with Gasteiger partial charge in [-0.1, -0.05) is 18.2 Å². The number of amides is 1. The zero-order valence-electron chi connectivity index (χ0n) is 8.97. The highest BCUT2D eigenvalue weighted by Gasteiger charge is 2.26. The molecule has 17 heavy (non-hydrogen) atoms. The second-order valence-corrected chi connectivity index (χ2v) is 3.71. The van der Waals surface area contributed by atoms with Crippen LogP contribution in [0.4, 0.5) is 5.69 Å². The Balaban J connectivity index is 1.86. The van der Waals surface area contributed by atoms with Gasteiger partial charge in [-0.05, 0) is 11.6 Å². The Kier molecular flexibility index (Phi) is 3.24. The molecule has 2 rings (SSSR count). The average Bonchev–Trinajstić information content (AvgIpc) is 2.71. The predicted molar refractivity (Wildman–Crippen MR) is 59.3 cm³/mol. The van der Waals surface area contributed by atoms with Crippen LogP contribution in [-0.2, 0) is 20.8 Å². The number of para-hydroxylation sites is 1. The third kappa shape index (κ3) is 2.73. The van der Waals surface area contributed by atoms with Gasteiger partial charge in [0.25, 0.3) is 5.91 Å². The second kappa shape index (κ2) is 4.84. The zero-order valence-corrected chi connectivity index (χ0v) is 8.97. The maximum atomic E-state index is 11.6. The van der Waals surface area contributed by atoms with Gasteiger partial charge in [-0.3, -0.25) is 9.63 Å². The highest BCUT2D eigenvalue weighted by atomic mass is 16.7. The van der Waals surface area contributed by atoms with E-state index in [1.54, 1.807) is 0 Å². The maximum absolute atomic E-state index is 11.6. The molecule has 1 aliphatic heterocycles. The molecule has 1 aromatic carbocycles. The number of rotatable bonds is 4. The standard InChI is InChI=1S/C11H12N2O4/c14-10(15)6-17-13-11(16)9-5-7-3-1-2-4-8(7)12-9/h1-4,9,12H,5-6H2,(H,13,16)(H,14,15)/t9-/m0/s1. The van der Waals surface area contributed by atoms with Crippen LogP contribution in [0.2, 0.25) is 0 Å². The summed E-state index contributed by atoms with van der Waals surface area (Å²) in [6.07, 6.45) is 0.568. The third-order valence-electron chi connectivity index (χ3n) is 2.46. The van der Waals surface area contributed by atoms with Gasteiger partial charge in [-0.2, -0.15) is 0 Å². The maximum Gasteiger partial charge on any atom is 0.332 e. The number of hydroxylamine groups is 1. The summed E-state index contributed by atoms with van der Waals surface area (Å²) in [5, 5.41) is 11.4. The molecule has 0 bridgehead atoms. The summed E-state index contributed by atoms with van der Waals surface area (Å²) in [4.78, 5) is 26.3. The van der Waals surface area contributed by atoms with Crippen molar-refractivity contribution in [3.63, 3.8) is 0 Å². The second-order valence-electron chi connectivity index (χ2n) is 3.71. The number of hydrogen-bond acceptors (Lipinski definition) is 4. The molecule has 1 amide bonds. The van der Waals surface area contributed by atoms with Gasteiger partial charge in [0, 0.05) is 12.1 Å². The summed E-state index contributed by atoms with van der Waals surface area (Å²) in [6, 6.07) is 7.20. The van der Waals surface area contributed by atoms with Crippen molar-refractivity contribution < 1.29 is 19.5 Å². The molecule has 1 aromatic rings. The van der Waals surface area contributed by atoms with Crippen LogP contribution in [0.3, 0.4) is 0 Å². The van der Waals surface area contributed by atoms with Crippen LogP contribution in [0.15, 0.2) is 24.3 Å². The van der Waals surface area contributed by atoms with Crippen molar-refractivity contribution in [1.82, 2.24) is 5.48 Å². The molecule has 3 N–H and O–H groups in total. The van der Waals surface area contributed by atoms with E-state index in [1.807, 2.05) is 24.3 Å². The number of fused-ring (bicyclic) bond motifs is 1. The first kappa shape index (κ1) is 11.4. The van der Waals surface area contributed by atoms with Crippen molar-refractivity contribution in [1.29, 1.82) is 0 Å². The first-order valence-corrected chi connectivity index (χ1v) is 5.14. The van der Waals surface area contributed by atoms with Crippen molar-refractivity contribution in [2.75, 3.05) is 11.9 Å². The van der Waals surface area contributed by atoms with Gasteiger partial charge < -0.3 is 10.4 Å². The molecule has 0 aromatic heterocycles. The number of carboxylic acid groups (broad SMARTS) is 1. The Hall–Kier alpha value is -2.08. The van der Waals surface area contributed by atoms with E-state index in [-0.39, 0.29) is 5.91 Å². The summed E-state index contributed by atoms with van der Waals surface area (Å²) in [5.74, 6) is -1.50. The van der Waals surface area contributed by atoms with E-state index in [2.05, 4.69) is 15.6 Å². The van der Waals surface area contributed by atoms with Gasteiger partial charge in [0.15, 0.2) is 6.61 Å². The molecule has 1 heterocycles. The highest BCUT2D eigenvalue weighted by molar-refractivity contribution is 5.86. The normalized spacial score (nSPS) is 17.1. The topological polar surface area (TPSA) is 87.7 Å². The average molecular weight is 236 g/mol. The molecule has 0 fully saturated rings. The van der Waals surface area contributed by atoms with Crippen molar-refractivity contribution in [3.8, 4) is 0 Å². The summed E-state index contributed by atoms with van der Waals surface area (Å²) in [7, 11) is 0. The molecule has 6 nitrogen and oxygen atoms in total. The predicted octanol–water partition coefficient (Wildman–Crippen LogP) is 0.156. The first-order valence-electron chi connectivity index (χ1n) is 5.14. The molecule has 0 saturated carbocycles. The van der Waals surface area contributed by atoms with Crippen molar-refractivity contribution in [2.24, 2.45) is 0 Å². The van der Waals surface area contributed by atoms with E-state index < -0.39 is 18.6 Å². The van der Waals surface area contributed by atoms with Crippen LogP contribution in [0, 0.1) is 0 Å². The van der Waals surface area contributed by atoms with E-state index in [0.717, 1.165) is 11.3 Å². The van der Waals surface area contributed by atoms with Gasteiger partial charge in [0.1, 0.15) is 6.04 Å². The van der Waals surface area contributed by atoms with Crippen LogP contribution in [-0.4, -0.2) is 29.6 Å². The number of nitrogens with one attached hydrogen (secondary N) is 2. The van der Waals surface area contributed by atoms with Crippen molar-refractivity contribution in [3.05, 3.63) is 29.8 Å². The molecule has 6 heteroatoms. The molecule has 1 aliphatic rings. The largest absolute Gasteiger partial charge is 0.479 e. The summed E-state index contributed by atoms with van der Waals surface area (Å²) in [6.45, 7) is -0.550. The minimum Gasteiger partial charge on any atom is -0.479 e. The number of carbonyl (C=O) groups excluding carboxylic acids is 1. The van der Waals surface area contributed by atoms with Gasteiger partial charge in [0.2, 0.25) is 0 Å². The molecular formula is C11H12N2O4. The van der Waals surface area contributed by atoms with Crippen LogP contribution in [0.1, 0.15) is 5.56 Å². The van der Waals surface area contributed by atoms with E-state index >= 15 is 0 Å². The summed E-state index contributed by atoms with van der Waals surface area (Å²) in [5.41, 5.74) is 4.09. The zero-order chi connectivity index (χ0) is 12.3. The molecular weight excluding hydrogens is 224 g/mol. The lowest BCUT2D eigenvalue weighted by Crippen LogP contribution is -2.39. The van der Waals surface area contributed by atoms with Gasteiger partial charge in [0.05, 0.1) is 0 Å². The number of hydrogen-bond donors (Lipinski definition) is 3. The lowest BCUT2D eigenvalue weighted by atomic mass is 10.1. The fourth-order valence-corrected chi connectivity index (χ4v) is 1.70. The Labute approximate surface area is 97.5 Å². The smallest absolute Gasteiger partial charge is 0.332 e. The molecule has 0 saturated heterocycles. The first-order chi connectivity index (χ1) is 8.16. The molecule has 0 aliphatic carbocycles. The number of anilines is 1.